The lowest BCUT2D eigenvalue weighted by atomic mass is 10.2. The van der Waals surface area contributed by atoms with E-state index in [4.69, 9.17) is 9.47 Å². The number of hydrogen-bond acceptors (Lipinski definition) is 3. The molecule has 1 aromatic carbocycles. The van der Waals surface area contributed by atoms with Gasteiger partial charge in [-0.2, -0.15) is 0 Å². The van der Waals surface area contributed by atoms with Gasteiger partial charge in [0.2, 0.25) is 0 Å². The molecule has 0 N–H and O–H groups in total. The van der Waals surface area contributed by atoms with E-state index >= 15 is 0 Å². The van der Waals surface area contributed by atoms with Crippen molar-refractivity contribution in [1.29, 1.82) is 0 Å². The van der Waals surface area contributed by atoms with Crippen molar-refractivity contribution in [2.45, 2.75) is 6.92 Å². The molecule has 0 spiro atoms. The fraction of sp³-hybridized carbons (Fsp3) is 0.300. The molecule has 0 aliphatic rings. The minimum absolute atomic E-state index is 0.298. The number of carbonyl (C=O) groups is 1. The predicted molar refractivity (Wildman–Crippen MR) is 61.9 cm³/mol. The maximum atomic E-state index is 11.2. The number of carbonyl (C=O) groups excluding carboxylic acids is 1. The first-order valence-electron chi connectivity index (χ1n) is 4.24. The highest BCUT2D eigenvalue weighted by Crippen LogP contribution is 2.13. The van der Waals surface area contributed by atoms with E-state index in [-0.39, 0.29) is 5.97 Å². The highest BCUT2D eigenvalue weighted by atomic mass is 127. The fourth-order valence-corrected chi connectivity index (χ4v) is 1.32. The van der Waals surface area contributed by atoms with Gasteiger partial charge in [0.1, 0.15) is 10.4 Å². The summed E-state index contributed by atoms with van der Waals surface area (Å²) in [6.45, 7) is 2.18. The maximum absolute atomic E-state index is 11.2. The molecule has 0 aliphatic heterocycles. The van der Waals surface area contributed by atoms with Crippen LogP contribution in [0.3, 0.4) is 0 Å². The van der Waals surface area contributed by atoms with Crippen LogP contribution in [0.25, 0.3) is 0 Å². The highest BCUT2D eigenvalue weighted by Gasteiger charge is 2.05. The van der Waals surface area contributed by atoms with E-state index in [1.54, 1.807) is 31.2 Å². The Labute approximate surface area is 96.5 Å². The number of halogens is 1. The van der Waals surface area contributed by atoms with E-state index in [1.807, 2.05) is 0 Å². The topological polar surface area (TPSA) is 35.5 Å². The number of rotatable bonds is 4. The molecule has 3 nitrogen and oxygen atoms in total. The summed E-state index contributed by atoms with van der Waals surface area (Å²) in [5.74, 6) is 0.459. The van der Waals surface area contributed by atoms with Gasteiger partial charge in [-0.3, -0.25) is 0 Å². The van der Waals surface area contributed by atoms with Gasteiger partial charge >= 0.3 is 5.97 Å². The van der Waals surface area contributed by atoms with Crippen molar-refractivity contribution < 1.29 is 14.3 Å². The summed E-state index contributed by atoms with van der Waals surface area (Å²) in [4.78, 5) is 11.2. The second-order valence-corrected chi connectivity index (χ2v) is 3.12. The van der Waals surface area contributed by atoms with Gasteiger partial charge in [-0.15, -0.1) is 0 Å². The average molecular weight is 306 g/mol. The van der Waals surface area contributed by atoms with E-state index in [9.17, 15) is 4.79 Å². The smallest absolute Gasteiger partial charge is 0.338 e. The minimum atomic E-state index is -0.298. The van der Waals surface area contributed by atoms with Crippen molar-refractivity contribution in [2.75, 3.05) is 11.2 Å². The lowest BCUT2D eigenvalue weighted by Crippen LogP contribution is -2.04. The van der Waals surface area contributed by atoms with Crippen molar-refractivity contribution in [3.8, 4) is 5.75 Å². The summed E-state index contributed by atoms with van der Waals surface area (Å²) in [5, 5.41) is 0. The van der Waals surface area contributed by atoms with Crippen LogP contribution >= 0.6 is 22.6 Å². The Morgan fingerprint density at radius 3 is 2.50 bits per heavy atom. The predicted octanol–water partition coefficient (Wildman–Crippen LogP) is 2.63. The molecule has 0 unspecified atom stereocenters. The van der Waals surface area contributed by atoms with E-state index in [2.05, 4.69) is 22.6 Å². The van der Waals surface area contributed by atoms with Gasteiger partial charge < -0.3 is 9.47 Å². The summed E-state index contributed by atoms with van der Waals surface area (Å²) in [5.41, 5.74) is 0.549. The number of alkyl halides is 1. The number of benzene rings is 1. The number of hydrogen-bond donors (Lipinski definition) is 0. The quantitative estimate of drug-likeness (QED) is 0.487. The Bertz CT molecular complexity index is 295. The van der Waals surface area contributed by atoms with Crippen LogP contribution in [0.15, 0.2) is 24.3 Å². The zero-order valence-electron chi connectivity index (χ0n) is 7.83. The molecule has 0 aromatic heterocycles. The van der Waals surface area contributed by atoms with E-state index in [0.717, 1.165) is 5.75 Å². The fourth-order valence-electron chi connectivity index (χ4n) is 0.965. The van der Waals surface area contributed by atoms with Gasteiger partial charge in [-0.05, 0) is 53.8 Å². The third kappa shape index (κ3) is 3.17. The Morgan fingerprint density at radius 2 is 2.00 bits per heavy atom. The third-order valence-corrected chi connectivity index (χ3v) is 1.90. The lowest BCUT2D eigenvalue weighted by molar-refractivity contribution is 0.0526. The Kier molecular flexibility index (Phi) is 4.72. The second kappa shape index (κ2) is 5.85. The molecule has 0 radical (unpaired) electrons. The molecule has 0 amide bonds. The second-order valence-electron chi connectivity index (χ2n) is 2.50. The molecule has 4 heteroatoms. The summed E-state index contributed by atoms with van der Waals surface area (Å²) in [6.07, 6.45) is 0. The molecule has 1 rings (SSSR count). The summed E-state index contributed by atoms with van der Waals surface area (Å²) < 4.78 is 10.7. The van der Waals surface area contributed by atoms with E-state index in [0.29, 0.717) is 16.8 Å². The Morgan fingerprint density at radius 1 is 1.36 bits per heavy atom. The van der Waals surface area contributed by atoms with Crippen molar-refractivity contribution in [3.63, 3.8) is 0 Å². The van der Waals surface area contributed by atoms with Crippen molar-refractivity contribution in [2.24, 2.45) is 0 Å². The number of esters is 1. The highest BCUT2D eigenvalue weighted by molar-refractivity contribution is 14.1. The summed E-state index contributed by atoms with van der Waals surface area (Å²) in [7, 11) is 0. The third-order valence-electron chi connectivity index (χ3n) is 1.59. The minimum Gasteiger partial charge on any atom is -0.483 e. The van der Waals surface area contributed by atoms with Gasteiger partial charge in [0.15, 0.2) is 0 Å². The van der Waals surface area contributed by atoms with Crippen molar-refractivity contribution in [1.82, 2.24) is 0 Å². The standard InChI is InChI=1S/C10H11IO3/c1-2-13-10(12)8-3-5-9(6-4-8)14-7-11/h3-6H,2,7H2,1H3. The van der Waals surface area contributed by atoms with Crippen LogP contribution in [-0.2, 0) is 4.74 Å². The van der Waals surface area contributed by atoms with Crippen LogP contribution in [0.4, 0.5) is 0 Å². The van der Waals surface area contributed by atoms with E-state index < -0.39 is 0 Å². The monoisotopic (exact) mass is 306 g/mol. The van der Waals surface area contributed by atoms with Crippen molar-refractivity contribution in [3.05, 3.63) is 29.8 Å². The molecule has 76 valence electrons. The molecule has 14 heavy (non-hydrogen) atoms. The van der Waals surface area contributed by atoms with Crippen LogP contribution in [0.2, 0.25) is 0 Å². The normalized spacial score (nSPS) is 9.57. The Balaban J connectivity index is 2.67. The Hall–Kier alpha value is -0.780. The first-order valence-corrected chi connectivity index (χ1v) is 5.76. The van der Waals surface area contributed by atoms with Crippen LogP contribution < -0.4 is 4.74 Å². The van der Waals surface area contributed by atoms with Gasteiger partial charge in [0.25, 0.3) is 0 Å². The van der Waals surface area contributed by atoms with Crippen LogP contribution in [0.5, 0.6) is 5.75 Å². The molecule has 0 atom stereocenters. The SMILES string of the molecule is CCOC(=O)c1ccc(OCI)cc1. The molecule has 0 saturated carbocycles. The van der Waals surface area contributed by atoms with E-state index in [1.165, 1.54) is 0 Å². The van der Waals surface area contributed by atoms with Crippen molar-refractivity contribution >= 4 is 28.6 Å². The largest absolute Gasteiger partial charge is 0.483 e. The van der Waals surface area contributed by atoms with Gasteiger partial charge in [0, 0.05) is 0 Å². The summed E-state index contributed by atoms with van der Waals surface area (Å²) >= 11 is 2.11. The molecule has 1 aromatic rings. The van der Waals surface area contributed by atoms with Gasteiger partial charge in [-0.1, -0.05) is 0 Å². The zero-order valence-corrected chi connectivity index (χ0v) is 9.98. The van der Waals surface area contributed by atoms with Gasteiger partial charge in [-0.25, -0.2) is 4.79 Å². The van der Waals surface area contributed by atoms with Gasteiger partial charge in [0.05, 0.1) is 12.2 Å². The molecule has 0 saturated heterocycles. The molecule has 0 bridgehead atoms. The zero-order chi connectivity index (χ0) is 10.4. The lowest BCUT2D eigenvalue weighted by Gasteiger charge is -2.03. The van der Waals surface area contributed by atoms with Crippen LogP contribution in [0.1, 0.15) is 17.3 Å². The molecule has 0 heterocycles. The van der Waals surface area contributed by atoms with Crippen LogP contribution in [-0.4, -0.2) is 17.2 Å². The molecular weight excluding hydrogens is 295 g/mol. The first kappa shape index (κ1) is 11.3. The maximum Gasteiger partial charge on any atom is 0.338 e. The van der Waals surface area contributed by atoms with Crippen LogP contribution in [0, 0.1) is 0 Å². The summed E-state index contributed by atoms with van der Waals surface area (Å²) in [6, 6.07) is 6.90. The number of ether oxygens (including phenoxy) is 2. The molecular formula is C10H11IO3. The molecule has 0 aliphatic carbocycles. The molecule has 0 fully saturated rings. The average Bonchev–Trinajstić information content (AvgIpc) is 2.20. The first-order chi connectivity index (χ1) is 6.77.